The van der Waals surface area contributed by atoms with E-state index in [-0.39, 0.29) is 12.1 Å². The zero-order chi connectivity index (χ0) is 16.7. The summed E-state index contributed by atoms with van der Waals surface area (Å²) in [6.45, 7) is 6.00. The molecular weight excluding hydrogens is 340 g/mol. The summed E-state index contributed by atoms with van der Waals surface area (Å²) in [5, 5.41) is 0. The molecule has 3 fully saturated rings. The lowest BCUT2D eigenvalue weighted by atomic mass is 10.0. The molecule has 0 spiro atoms. The Bertz CT molecular complexity index is 679. The third-order valence-electron chi connectivity index (χ3n) is 6.11. The van der Waals surface area contributed by atoms with E-state index in [1.165, 1.54) is 30.6 Å². The molecule has 134 valence electrons. The van der Waals surface area contributed by atoms with E-state index in [1.807, 2.05) is 11.3 Å². The molecule has 3 heterocycles. The Labute approximate surface area is 149 Å². The van der Waals surface area contributed by atoms with Crippen LogP contribution in [0, 0.1) is 0 Å². The van der Waals surface area contributed by atoms with Crippen molar-refractivity contribution in [2.75, 3.05) is 31.1 Å². The van der Waals surface area contributed by atoms with Gasteiger partial charge >= 0.3 is 0 Å². The average molecular weight is 369 g/mol. The van der Waals surface area contributed by atoms with Gasteiger partial charge in [-0.1, -0.05) is 19.8 Å². The molecule has 2 unspecified atom stereocenters. The van der Waals surface area contributed by atoms with Crippen molar-refractivity contribution in [3.05, 3.63) is 21.9 Å². The predicted octanol–water partition coefficient (Wildman–Crippen LogP) is 2.71. The summed E-state index contributed by atoms with van der Waals surface area (Å²) in [4.78, 5) is 7.76. The van der Waals surface area contributed by atoms with Crippen molar-refractivity contribution in [3.8, 4) is 0 Å². The molecule has 3 aliphatic rings. The Kier molecular flexibility index (Phi) is 4.75. The summed E-state index contributed by atoms with van der Waals surface area (Å²) in [7, 11) is -2.88. The highest BCUT2D eigenvalue weighted by molar-refractivity contribution is 7.91. The van der Waals surface area contributed by atoms with Gasteiger partial charge in [-0.3, -0.25) is 9.80 Å². The van der Waals surface area contributed by atoms with E-state index < -0.39 is 9.84 Å². The summed E-state index contributed by atoms with van der Waals surface area (Å²) in [5.74, 6) is 1.47. The summed E-state index contributed by atoms with van der Waals surface area (Å²) in [6.07, 6.45) is 5.44. The second-order valence-electron chi connectivity index (χ2n) is 7.60. The van der Waals surface area contributed by atoms with Crippen LogP contribution < -0.4 is 0 Å². The van der Waals surface area contributed by atoms with Crippen molar-refractivity contribution in [2.45, 2.75) is 57.2 Å². The Balaban J connectivity index is 1.48. The van der Waals surface area contributed by atoms with Crippen LogP contribution in [0.15, 0.2) is 12.1 Å². The minimum Gasteiger partial charge on any atom is -0.297 e. The van der Waals surface area contributed by atoms with E-state index in [4.69, 9.17) is 0 Å². The average Bonchev–Trinajstić information content (AvgIpc) is 3.25. The normalized spacial score (nSPS) is 31.5. The van der Waals surface area contributed by atoms with Crippen LogP contribution in [-0.4, -0.2) is 61.4 Å². The molecule has 0 radical (unpaired) electrons. The molecule has 24 heavy (non-hydrogen) atoms. The van der Waals surface area contributed by atoms with Crippen LogP contribution >= 0.6 is 11.3 Å². The van der Waals surface area contributed by atoms with Gasteiger partial charge in [-0.2, -0.15) is 0 Å². The highest BCUT2D eigenvalue weighted by Crippen LogP contribution is 2.38. The van der Waals surface area contributed by atoms with Crippen molar-refractivity contribution in [1.29, 1.82) is 0 Å². The quantitative estimate of drug-likeness (QED) is 0.819. The van der Waals surface area contributed by atoms with E-state index in [9.17, 15) is 8.42 Å². The number of rotatable bonds is 4. The monoisotopic (exact) mass is 368 g/mol. The molecule has 1 saturated carbocycles. The van der Waals surface area contributed by atoms with Gasteiger partial charge in [0.15, 0.2) is 9.84 Å². The lowest BCUT2D eigenvalue weighted by Gasteiger charge is -2.43. The number of piperazine rings is 1. The minimum absolute atomic E-state index is 0.181. The van der Waals surface area contributed by atoms with Crippen LogP contribution in [0.4, 0.5) is 0 Å². The number of fused-ring (bicyclic) bond motifs is 1. The number of hydrogen-bond donors (Lipinski definition) is 0. The fourth-order valence-electron chi connectivity index (χ4n) is 4.79. The summed E-state index contributed by atoms with van der Waals surface area (Å²) in [5.41, 5.74) is 0. The van der Waals surface area contributed by atoms with Gasteiger partial charge in [-0.05, 0) is 37.4 Å². The number of hydrogen-bond acceptors (Lipinski definition) is 5. The Morgan fingerprint density at radius 1 is 1.08 bits per heavy atom. The molecule has 1 aromatic rings. The van der Waals surface area contributed by atoms with Gasteiger partial charge in [0.2, 0.25) is 0 Å². The van der Waals surface area contributed by atoms with Gasteiger partial charge in [0.05, 0.1) is 11.5 Å². The molecule has 0 aromatic carbocycles. The van der Waals surface area contributed by atoms with E-state index in [2.05, 4.69) is 28.9 Å². The second-order valence-corrected chi connectivity index (χ2v) is 10.9. The van der Waals surface area contributed by atoms with Gasteiger partial charge in [0.1, 0.15) is 0 Å². The van der Waals surface area contributed by atoms with Crippen LogP contribution in [0.3, 0.4) is 0 Å². The maximum absolute atomic E-state index is 12.2. The fourth-order valence-corrected chi connectivity index (χ4v) is 8.05. The SMILES string of the molecule is CCN1CCN(Cc2ccc(C3CCCC3)s2)C2CS(=O)(=O)CC21. The first-order valence-electron chi connectivity index (χ1n) is 9.33. The number of sulfone groups is 1. The summed E-state index contributed by atoms with van der Waals surface area (Å²) < 4.78 is 24.4. The van der Waals surface area contributed by atoms with Crippen LogP contribution in [-0.2, 0) is 16.4 Å². The predicted molar refractivity (Wildman–Crippen MR) is 99.4 cm³/mol. The van der Waals surface area contributed by atoms with Crippen LogP contribution in [0.5, 0.6) is 0 Å². The smallest absolute Gasteiger partial charge is 0.153 e. The van der Waals surface area contributed by atoms with Crippen LogP contribution in [0.25, 0.3) is 0 Å². The molecule has 2 atom stereocenters. The number of likely N-dealkylation sites (N-methyl/N-ethyl adjacent to an activating group) is 1. The number of thiophene rings is 1. The van der Waals surface area contributed by atoms with Gasteiger partial charge in [0.25, 0.3) is 0 Å². The Morgan fingerprint density at radius 3 is 2.46 bits per heavy atom. The number of nitrogens with zero attached hydrogens (tertiary/aromatic N) is 2. The first-order chi connectivity index (χ1) is 11.6. The molecule has 4 rings (SSSR count). The fraction of sp³-hybridized carbons (Fsp3) is 0.778. The first-order valence-corrected chi connectivity index (χ1v) is 12.0. The van der Waals surface area contributed by atoms with Crippen molar-refractivity contribution >= 4 is 21.2 Å². The molecular formula is C18H28N2O2S2. The van der Waals surface area contributed by atoms with Gasteiger partial charge in [-0.15, -0.1) is 11.3 Å². The standard InChI is InChI=1S/C18H28N2O2S2/c1-2-19-9-10-20(17-13-24(21,22)12-16(17)19)11-15-7-8-18(23-15)14-5-3-4-6-14/h7-8,14,16-17H,2-6,9-13H2,1H3. The van der Waals surface area contributed by atoms with Crippen LogP contribution in [0.1, 0.15) is 48.3 Å². The molecule has 2 aliphatic heterocycles. The lowest BCUT2D eigenvalue weighted by molar-refractivity contribution is 0.0445. The largest absolute Gasteiger partial charge is 0.297 e. The minimum atomic E-state index is -2.88. The van der Waals surface area contributed by atoms with E-state index >= 15 is 0 Å². The maximum atomic E-state index is 12.2. The maximum Gasteiger partial charge on any atom is 0.153 e. The van der Waals surface area contributed by atoms with Gasteiger partial charge < -0.3 is 0 Å². The van der Waals surface area contributed by atoms with E-state index in [1.54, 1.807) is 4.88 Å². The van der Waals surface area contributed by atoms with Crippen LogP contribution in [0.2, 0.25) is 0 Å². The first kappa shape index (κ1) is 17.0. The summed E-state index contributed by atoms with van der Waals surface area (Å²) >= 11 is 1.96. The Hall–Kier alpha value is -0.430. The molecule has 6 heteroatoms. The second kappa shape index (κ2) is 6.71. The zero-order valence-electron chi connectivity index (χ0n) is 14.5. The van der Waals surface area contributed by atoms with E-state index in [0.717, 1.165) is 32.1 Å². The lowest BCUT2D eigenvalue weighted by Crippen LogP contribution is -2.58. The molecule has 0 bridgehead atoms. The highest BCUT2D eigenvalue weighted by Gasteiger charge is 2.45. The molecule has 0 amide bonds. The summed E-state index contributed by atoms with van der Waals surface area (Å²) in [6, 6.07) is 4.98. The molecule has 1 aromatic heterocycles. The van der Waals surface area contributed by atoms with Crippen molar-refractivity contribution in [3.63, 3.8) is 0 Å². The zero-order valence-corrected chi connectivity index (χ0v) is 16.1. The van der Waals surface area contributed by atoms with Crippen molar-refractivity contribution in [2.24, 2.45) is 0 Å². The van der Waals surface area contributed by atoms with Crippen molar-refractivity contribution < 1.29 is 8.42 Å². The molecule has 2 saturated heterocycles. The third kappa shape index (κ3) is 3.30. The van der Waals surface area contributed by atoms with E-state index in [0.29, 0.717) is 11.5 Å². The highest BCUT2D eigenvalue weighted by atomic mass is 32.2. The Morgan fingerprint density at radius 2 is 1.75 bits per heavy atom. The van der Waals surface area contributed by atoms with Gasteiger partial charge in [0, 0.05) is 41.5 Å². The third-order valence-corrected chi connectivity index (χ3v) is 9.04. The molecule has 1 aliphatic carbocycles. The topological polar surface area (TPSA) is 40.6 Å². The molecule has 0 N–H and O–H groups in total. The molecule has 4 nitrogen and oxygen atoms in total. The van der Waals surface area contributed by atoms with Gasteiger partial charge in [-0.25, -0.2) is 8.42 Å². The van der Waals surface area contributed by atoms with Crippen molar-refractivity contribution in [1.82, 2.24) is 9.80 Å².